The van der Waals surface area contributed by atoms with Crippen molar-refractivity contribution in [2.24, 2.45) is 5.10 Å². The normalized spacial score (nSPS) is 19.0. The zero-order chi connectivity index (χ0) is 22.4. The molecular weight excluding hydrogens is 454 g/mol. The van der Waals surface area contributed by atoms with Crippen molar-refractivity contribution in [3.05, 3.63) is 87.2 Å². The molecule has 0 aromatic heterocycles. The Balaban J connectivity index is 1.61. The van der Waals surface area contributed by atoms with E-state index >= 15 is 0 Å². The van der Waals surface area contributed by atoms with Gasteiger partial charge in [0.1, 0.15) is 11.6 Å². The molecule has 0 unspecified atom stereocenters. The average molecular weight is 473 g/mol. The molecule has 0 saturated carbocycles. The smallest absolute Gasteiger partial charge is 0.213 e. The van der Waals surface area contributed by atoms with E-state index in [0.717, 1.165) is 22.4 Å². The predicted molar refractivity (Wildman–Crippen MR) is 122 cm³/mol. The van der Waals surface area contributed by atoms with E-state index in [4.69, 9.17) is 42.5 Å². The molecule has 5 nitrogen and oxygen atoms in total. The summed E-state index contributed by atoms with van der Waals surface area (Å²) >= 11 is 12.8. The van der Waals surface area contributed by atoms with E-state index in [1.807, 2.05) is 29.3 Å². The van der Waals surface area contributed by atoms with Crippen LogP contribution in [-0.2, 0) is 0 Å². The number of fused-ring (bicyclic) bond motifs is 3. The van der Waals surface area contributed by atoms with Crippen LogP contribution in [0.4, 0.5) is 4.39 Å². The first-order chi connectivity index (χ1) is 15.5. The Morgan fingerprint density at radius 2 is 1.75 bits per heavy atom. The van der Waals surface area contributed by atoms with Crippen LogP contribution in [0.15, 0.2) is 59.7 Å². The van der Waals surface area contributed by atoms with Gasteiger partial charge in [0.25, 0.3) is 0 Å². The fourth-order valence-electron chi connectivity index (χ4n) is 4.15. The van der Waals surface area contributed by atoms with E-state index in [0.29, 0.717) is 33.7 Å². The molecule has 0 N–H and O–H groups in total. The van der Waals surface area contributed by atoms with Gasteiger partial charge in [-0.25, -0.2) is 9.40 Å². The van der Waals surface area contributed by atoms with E-state index in [1.54, 1.807) is 32.4 Å². The molecule has 0 spiro atoms. The van der Waals surface area contributed by atoms with E-state index < -0.39 is 6.23 Å². The van der Waals surface area contributed by atoms with Gasteiger partial charge in [0.15, 0.2) is 11.5 Å². The Morgan fingerprint density at radius 1 is 1.00 bits per heavy atom. The SMILES string of the molecule is COc1ccc(C2=NN3[C@@H](c4ccc(F)cc4)Oc4c(Cl)cc(Cl)cc4[C@@H]3C2)cc1OC. The maximum Gasteiger partial charge on any atom is 0.213 e. The summed E-state index contributed by atoms with van der Waals surface area (Å²) in [7, 11) is 3.19. The molecule has 3 aromatic rings. The van der Waals surface area contributed by atoms with Gasteiger partial charge in [0, 0.05) is 28.1 Å². The van der Waals surface area contributed by atoms with Crippen molar-refractivity contribution in [1.82, 2.24) is 5.01 Å². The minimum absolute atomic E-state index is 0.145. The highest BCUT2D eigenvalue weighted by Crippen LogP contribution is 2.51. The monoisotopic (exact) mass is 472 g/mol. The number of nitrogens with zero attached hydrogens (tertiary/aromatic N) is 2. The molecule has 0 bridgehead atoms. The molecule has 0 fully saturated rings. The maximum absolute atomic E-state index is 13.5. The third kappa shape index (κ3) is 3.53. The van der Waals surface area contributed by atoms with Crippen LogP contribution in [0.25, 0.3) is 0 Å². The molecule has 0 aliphatic carbocycles. The Labute approximate surface area is 194 Å². The highest BCUT2D eigenvalue weighted by molar-refractivity contribution is 6.35. The lowest BCUT2D eigenvalue weighted by atomic mass is 9.95. The minimum atomic E-state index is -0.565. The second-order valence-electron chi connectivity index (χ2n) is 7.54. The first-order valence-corrected chi connectivity index (χ1v) is 10.7. The number of ether oxygens (including phenoxy) is 3. The lowest BCUT2D eigenvalue weighted by Gasteiger charge is -2.38. The van der Waals surface area contributed by atoms with Gasteiger partial charge >= 0.3 is 0 Å². The molecule has 164 valence electrons. The lowest BCUT2D eigenvalue weighted by Crippen LogP contribution is -2.33. The molecule has 0 amide bonds. The Bertz CT molecular complexity index is 1220. The van der Waals surface area contributed by atoms with Crippen LogP contribution in [0.1, 0.15) is 35.4 Å². The first kappa shape index (κ1) is 20.9. The van der Waals surface area contributed by atoms with Gasteiger partial charge in [-0.3, -0.25) is 0 Å². The summed E-state index contributed by atoms with van der Waals surface area (Å²) in [4.78, 5) is 0. The van der Waals surface area contributed by atoms with Crippen LogP contribution in [-0.4, -0.2) is 24.9 Å². The molecule has 3 aromatic carbocycles. The van der Waals surface area contributed by atoms with Crippen LogP contribution < -0.4 is 14.2 Å². The van der Waals surface area contributed by atoms with E-state index in [2.05, 4.69) is 0 Å². The Hall–Kier alpha value is -2.96. The van der Waals surface area contributed by atoms with Crippen LogP contribution in [0.3, 0.4) is 0 Å². The number of hydrazone groups is 1. The molecule has 0 saturated heterocycles. The number of hydrogen-bond donors (Lipinski definition) is 0. The number of halogens is 3. The first-order valence-electron chi connectivity index (χ1n) is 9.97. The van der Waals surface area contributed by atoms with Crippen LogP contribution in [0.2, 0.25) is 10.0 Å². The zero-order valence-electron chi connectivity index (χ0n) is 17.3. The summed E-state index contributed by atoms with van der Waals surface area (Å²) in [5.41, 5.74) is 3.39. The van der Waals surface area contributed by atoms with Crippen LogP contribution in [0.5, 0.6) is 17.2 Å². The van der Waals surface area contributed by atoms with E-state index in [9.17, 15) is 4.39 Å². The average Bonchev–Trinajstić information content (AvgIpc) is 3.25. The number of rotatable bonds is 4. The predicted octanol–water partition coefficient (Wildman–Crippen LogP) is 6.39. The summed E-state index contributed by atoms with van der Waals surface area (Å²) in [6, 6.07) is 15.2. The summed E-state index contributed by atoms with van der Waals surface area (Å²) in [6.45, 7) is 0. The largest absolute Gasteiger partial charge is 0.493 e. The number of hydrogen-bond acceptors (Lipinski definition) is 5. The molecule has 2 heterocycles. The molecule has 0 radical (unpaired) electrons. The highest BCUT2D eigenvalue weighted by atomic mass is 35.5. The standard InChI is InChI=1S/C24H19Cl2FN2O3/c1-30-21-8-5-14(9-22(21)31-2)19-12-20-17-10-15(25)11-18(26)23(17)32-24(29(20)28-19)13-3-6-16(27)7-4-13/h3-11,20,24H,12H2,1-2H3/t20-,24+/m0/s1. The van der Waals surface area contributed by atoms with Gasteiger partial charge in [-0.05, 0) is 42.5 Å². The van der Waals surface area contributed by atoms with Crippen molar-refractivity contribution >= 4 is 28.9 Å². The fourth-order valence-corrected chi connectivity index (χ4v) is 4.71. The van der Waals surface area contributed by atoms with E-state index in [-0.39, 0.29) is 11.9 Å². The van der Waals surface area contributed by atoms with Gasteiger partial charge < -0.3 is 14.2 Å². The van der Waals surface area contributed by atoms with Gasteiger partial charge in [-0.15, -0.1) is 0 Å². The van der Waals surface area contributed by atoms with Crippen molar-refractivity contribution in [2.45, 2.75) is 18.7 Å². The molecule has 5 rings (SSSR count). The van der Waals surface area contributed by atoms with Crippen molar-refractivity contribution in [1.29, 1.82) is 0 Å². The lowest BCUT2D eigenvalue weighted by molar-refractivity contribution is -0.0189. The topological polar surface area (TPSA) is 43.3 Å². The fraction of sp³-hybridized carbons (Fsp3) is 0.208. The summed E-state index contributed by atoms with van der Waals surface area (Å²) < 4.78 is 30.6. The summed E-state index contributed by atoms with van der Waals surface area (Å²) in [5, 5.41) is 7.74. The quantitative estimate of drug-likeness (QED) is 0.441. The van der Waals surface area contributed by atoms with Crippen LogP contribution >= 0.6 is 23.2 Å². The second kappa shape index (κ2) is 8.19. The second-order valence-corrected chi connectivity index (χ2v) is 8.39. The maximum atomic E-state index is 13.5. The Morgan fingerprint density at radius 3 is 2.47 bits per heavy atom. The van der Waals surface area contributed by atoms with Gasteiger partial charge in [-0.1, -0.05) is 35.3 Å². The van der Waals surface area contributed by atoms with E-state index in [1.165, 1.54) is 12.1 Å². The van der Waals surface area contributed by atoms with Gasteiger partial charge in [0.2, 0.25) is 6.23 Å². The summed E-state index contributed by atoms with van der Waals surface area (Å²) in [6.07, 6.45) is 0.0460. The van der Waals surface area contributed by atoms with Crippen LogP contribution in [0, 0.1) is 5.82 Å². The third-order valence-electron chi connectivity index (χ3n) is 5.68. The highest BCUT2D eigenvalue weighted by Gasteiger charge is 2.42. The van der Waals surface area contributed by atoms with Crippen molar-refractivity contribution in [2.75, 3.05) is 14.2 Å². The molecule has 2 aliphatic rings. The van der Waals surface area contributed by atoms with Crippen molar-refractivity contribution in [3.8, 4) is 17.2 Å². The molecule has 8 heteroatoms. The number of benzene rings is 3. The zero-order valence-corrected chi connectivity index (χ0v) is 18.8. The molecule has 32 heavy (non-hydrogen) atoms. The molecular formula is C24H19Cl2FN2O3. The molecule has 2 atom stereocenters. The molecule has 2 aliphatic heterocycles. The summed E-state index contributed by atoms with van der Waals surface area (Å²) in [5.74, 6) is 1.51. The van der Waals surface area contributed by atoms with Crippen molar-refractivity contribution in [3.63, 3.8) is 0 Å². The Kier molecular flexibility index (Phi) is 5.35. The third-order valence-corrected chi connectivity index (χ3v) is 6.18. The number of methoxy groups -OCH3 is 2. The van der Waals surface area contributed by atoms with Gasteiger partial charge in [0.05, 0.1) is 31.0 Å². The minimum Gasteiger partial charge on any atom is -0.493 e. The van der Waals surface area contributed by atoms with Gasteiger partial charge in [-0.2, -0.15) is 5.10 Å². The van der Waals surface area contributed by atoms with Crippen molar-refractivity contribution < 1.29 is 18.6 Å².